The Kier molecular flexibility index (Phi) is 2.45. The number of benzene rings is 1. The Morgan fingerprint density at radius 3 is 3.06 bits per heavy atom. The average molecular weight is 261 g/mol. The van der Waals surface area contributed by atoms with Crippen molar-refractivity contribution >= 4 is 39.1 Å². The molecular formula is C12H11N3O2S. The molecule has 3 rings (SSSR count). The van der Waals surface area contributed by atoms with Crippen LogP contribution in [0.15, 0.2) is 24.3 Å². The highest BCUT2D eigenvalue weighted by Gasteiger charge is 2.20. The maximum absolute atomic E-state index is 11.7. The van der Waals surface area contributed by atoms with E-state index in [4.69, 9.17) is 10.5 Å². The third-order valence-electron chi connectivity index (χ3n) is 2.66. The van der Waals surface area contributed by atoms with E-state index in [0.29, 0.717) is 22.3 Å². The lowest BCUT2D eigenvalue weighted by Gasteiger charge is -1.99. The number of carbonyl (C=O) groups is 1. The number of thiazole rings is 1. The van der Waals surface area contributed by atoms with Crippen LogP contribution in [0.2, 0.25) is 0 Å². The second-order valence-electron chi connectivity index (χ2n) is 3.76. The fourth-order valence-corrected chi connectivity index (χ4v) is 2.85. The number of esters is 1. The molecule has 6 heteroatoms. The monoisotopic (exact) mass is 261 g/mol. The Hall–Kier alpha value is -2.08. The first-order chi connectivity index (χ1) is 8.72. The average Bonchev–Trinajstić information content (AvgIpc) is 2.87. The van der Waals surface area contributed by atoms with E-state index in [9.17, 15) is 4.79 Å². The van der Waals surface area contributed by atoms with E-state index >= 15 is 0 Å². The molecule has 0 atom stereocenters. The molecular weight excluding hydrogens is 250 g/mol. The van der Waals surface area contributed by atoms with Gasteiger partial charge in [-0.2, -0.15) is 0 Å². The van der Waals surface area contributed by atoms with Crippen LogP contribution in [0, 0.1) is 0 Å². The van der Waals surface area contributed by atoms with Gasteiger partial charge in [0.05, 0.1) is 17.6 Å². The molecule has 0 spiro atoms. The number of fused-ring (bicyclic) bond motifs is 3. The fraction of sp³-hybridized carbons (Fsp3) is 0.167. The smallest absolute Gasteiger partial charge is 0.352 e. The molecule has 0 bridgehead atoms. The molecule has 2 aromatic heterocycles. The van der Waals surface area contributed by atoms with Crippen LogP contribution in [-0.4, -0.2) is 22.0 Å². The topological polar surface area (TPSA) is 69.6 Å². The Morgan fingerprint density at radius 2 is 2.28 bits per heavy atom. The molecule has 3 aromatic rings. The van der Waals surface area contributed by atoms with E-state index in [-0.39, 0.29) is 0 Å². The first kappa shape index (κ1) is 11.0. The second-order valence-corrected chi connectivity index (χ2v) is 4.73. The van der Waals surface area contributed by atoms with Crippen LogP contribution >= 0.6 is 11.3 Å². The minimum atomic E-state index is -0.394. The zero-order chi connectivity index (χ0) is 12.7. The van der Waals surface area contributed by atoms with Crippen molar-refractivity contribution in [1.82, 2.24) is 9.38 Å². The van der Waals surface area contributed by atoms with E-state index in [1.165, 1.54) is 11.3 Å². The summed E-state index contributed by atoms with van der Waals surface area (Å²) >= 11 is 1.25. The van der Waals surface area contributed by atoms with E-state index in [1.54, 1.807) is 11.3 Å². The number of aromatic nitrogens is 2. The van der Waals surface area contributed by atoms with Gasteiger partial charge in [-0.05, 0) is 19.1 Å². The van der Waals surface area contributed by atoms with Crippen LogP contribution in [0.3, 0.4) is 0 Å². The standard InChI is InChI=1S/C12H11N3O2S/c1-2-17-11(16)9-10(13)15-8-6-4-3-5-7(8)14-12(15)18-9/h3-6H,2,13H2,1H3. The summed E-state index contributed by atoms with van der Waals surface area (Å²) in [4.78, 5) is 17.3. The van der Waals surface area contributed by atoms with Gasteiger partial charge in [-0.25, -0.2) is 9.78 Å². The van der Waals surface area contributed by atoms with Gasteiger partial charge < -0.3 is 10.5 Å². The molecule has 0 radical (unpaired) electrons. The van der Waals surface area contributed by atoms with E-state index in [0.717, 1.165) is 11.0 Å². The lowest BCUT2D eigenvalue weighted by atomic mass is 10.3. The van der Waals surface area contributed by atoms with E-state index < -0.39 is 5.97 Å². The first-order valence-corrected chi connectivity index (χ1v) is 6.36. The van der Waals surface area contributed by atoms with Crippen molar-refractivity contribution in [2.45, 2.75) is 6.92 Å². The molecule has 2 N–H and O–H groups in total. The number of anilines is 1. The summed E-state index contributed by atoms with van der Waals surface area (Å²) in [5.74, 6) is -0.00303. The Morgan fingerprint density at radius 1 is 1.50 bits per heavy atom. The van der Waals surface area contributed by atoms with Crippen LogP contribution in [0.25, 0.3) is 16.0 Å². The van der Waals surface area contributed by atoms with Crippen LogP contribution in [0.1, 0.15) is 16.6 Å². The molecule has 18 heavy (non-hydrogen) atoms. The molecule has 1 aromatic carbocycles. The Labute approximate surface area is 107 Å². The Balaban J connectivity index is 2.26. The molecule has 0 saturated heterocycles. The predicted molar refractivity (Wildman–Crippen MR) is 70.9 cm³/mol. The highest BCUT2D eigenvalue weighted by atomic mass is 32.1. The normalized spacial score (nSPS) is 11.2. The minimum absolute atomic E-state index is 0.333. The van der Waals surface area contributed by atoms with Crippen molar-refractivity contribution in [2.75, 3.05) is 12.3 Å². The van der Waals surface area contributed by atoms with Crippen LogP contribution in [-0.2, 0) is 4.74 Å². The Bertz CT molecular complexity index is 744. The first-order valence-electron chi connectivity index (χ1n) is 5.55. The number of imidazole rings is 1. The van der Waals surface area contributed by atoms with Gasteiger partial charge in [0.2, 0.25) is 0 Å². The van der Waals surface area contributed by atoms with Crippen LogP contribution in [0.5, 0.6) is 0 Å². The van der Waals surface area contributed by atoms with Crippen molar-refractivity contribution in [1.29, 1.82) is 0 Å². The van der Waals surface area contributed by atoms with Crippen LogP contribution in [0.4, 0.5) is 5.82 Å². The molecule has 0 aliphatic heterocycles. The lowest BCUT2D eigenvalue weighted by Crippen LogP contribution is -2.06. The maximum atomic E-state index is 11.7. The molecule has 0 fully saturated rings. The van der Waals surface area contributed by atoms with Crippen LogP contribution < -0.4 is 5.73 Å². The molecule has 92 valence electrons. The number of nitrogens with two attached hydrogens (primary N) is 1. The zero-order valence-corrected chi connectivity index (χ0v) is 10.5. The van der Waals surface area contributed by atoms with Crippen molar-refractivity contribution in [2.24, 2.45) is 0 Å². The SMILES string of the molecule is CCOC(=O)c1sc2nc3ccccc3n2c1N. The lowest BCUT2D eigenvalue weighted by molar-refractivity contribution is 0.0533. The predicted octanol–water partition coefficient (Wildman–Crippen LogP) is 2.31. The number of rotatable bonds is 2. The van der Waals surface area contributed by atoms with Gasteiger partial charge >= 0.3 is 5.97 Å². The van der Waals surface area contributed by atoms with E-state index in [2.05, 4.69) is 4.98 Å². The largest absolute Gasteiger partial charge is 0.462 e. The highest BCUT2D eigenvalue weighted by Crippen LogP contribution is 2.30. The van der Waals surface area contributed by atoms with Gasteiger partial charge in [0, 0.05) is 0 Å². The number of carbonyl (C=O) groups excluding carboxylic acids is 1. The summed E-state index contributed by atoms with van der Waals surface area (Å²) in [5.41, 5.74) is 7.78. The molecule has 2 heterocycles. The van der Waals surface area contributed by atoms with Crippen molar-refractivity contribution in [3.8, 4) is 0 Å². The van der Waals surface area contributed by atoms with Gasteiger partial charge in [-0.3, -0.25) is 4.40 Å². The third kappa shape index (κ3) is 1.46. The van der Waals surface area contributed by atoms with Crippen molar-refractivity contribution in [3.63, 3.8) is 0 Å². The van der Waals surface area contributed by atoms with Gasteiger partial charge in [0.1, 0.15) is 5.82 Å². The molecule has 5 nitrogen and oxygen atoms in total. The summed E-state index contributed by atoms with van der Waals surface area (Å²) in [5, 5.41) is 0. The second kappa shape index (κ2) is 3.99. The third-order valence-corrected chi connectivity index (χ3v) is 3.69. The van der Waals surface area contributed by atoms with Gasteiger partial charge in [0.15, 0.2) is 9.84 Å². The number of hydrogen-bond donors (Lipinski definition) is 1. The van der Waals surface area contributed by atoms with Crippen molar-refractivity contribution in [3.05, 3.63) is 29.1 Å². The maximum Gasteiger partial charge on any atom is 0.352 e. The van der Waals surface area contributed by atoms with Crippen molar-refractivity contribution < 1.29 is 9.53 Å². The molecule has 0 saturated carbocycles. The molecule has 0 aliphatic carbocycles. The van der Waals surface area contributed by atoms with Gasteiger partial charge in [-0.15, -0.1) is 0 Å². The molecule has 0 amide bonds. The number of nitrogens with zero attached hydrogens (tertiary/aromatic N) is 2. The summed E-state index contributed by atoms with van der Waals surface area (Å²) in [7, 11) is 0. The minimum Gasteiger partial charge on any atom is -0.462 e. The summed E-state index contributed by atoms with van der Waals surface area (Å²) < 4.78 is 6.75. The van der Waals surface area contributed by atoms with E-state index in [1.807, 2.05) is 24.3 Å². The molecule has 0 aliphatic rings. The zero-order valence-electron chi connectivity index (χ0n) is 9.71. The van der Waals surface area contributed by atoms with Gasteiger partial charge in [0.25, 0.3) is 0 Å². The summed E-state index contributed by atoms with van der Waals surface area (Å²) in [6.45, 7) is 2.10. The number of para-hydroxylation sites is 2. The number of hydrogen-bond acceptors (Lipinski definition) is 5. The fourth-order valence-electron chi connectivity index (χ4n) is 1.89. The number of ether oxygens (including phenoxy) is 1. The summed E-state index contributed by atoms with van der Waals surface area (Å²) in [6.07, 6.45) is 0. The number of nitrogen functional groups attached to an aromatic ring is 1. The summed E-state index contributed by atoms with van der Waals surface area (Å²) in [6, 6.07) is 7.67. The quantitative estimate of drug-likeness (QED) is 0.719. The molecule has 0 unspecified atom stereocenters. The highest BCUT2D eigenvalue weighted by molar-refractivity contribution is 7.19. The van der Waals surface area contributed by atoms with Gasteiger partial charge in [-0.1, -0.05) is 23.5 Å².